The maximum absolute atomic E-state index is 12.6. The predicted molar refractivity (Wildman–Crippen MR) is 215 cm³/mol. The zero-order valence-corrected chi connectivity index (χ0v) is 33.4. The van der Waals surface area contributed by atoms with E-state index in [1.807, 2.05) is 0 Å². The van der Waals surface area contributed by atoms with Crippen molar-refractivity contribution in [3.05, 3.63) is 48.6 Å². The molecular formula is C45H78O6. The molecule has 0 aromatic carbocycles. The van der Waals surface area contributed by atoms with Gasteiger partial charge in [-0.3, -0.25) is 14.4 Å². The summed E-state index contributed by atoms with van der Waals surface area (Å²) in [5.41, 5.74) is 0. The number of rotatable bonds is 37. The van der Waals surface area contributed by atoms with Crippen molar-refractivity contribution in [2.45, 2.75) is 207 Å². The van der Waals surface area contributed by atoms with Gasteiger partial charge in [-0.15, -0.1) is 0 Å². The summed E-state index contributed by atoms with van der Waals surface area (Å²) in [6.07, 6.45) is 45.4. The number of unbranched alkanes of at least 4 members (excludes halogenated alkanes) is 18. The fourth-order valence-electron chi connectivity index (χ4n) is 5.63. The van der Waals surface area contributed by atoms with Gasteiger partial charge >= 0.3 is 17.9 Å². The van der Waals surface area contributed by atoms with E-state index >= 15 is 0 Å². The molecule has 0 aliphatic carbocycles. The van der Waals surface area contributed by atoms with Crippen molar-refractivity contribution in [1.29, 1.82) is 0 Å². The molecule has 0 aromatic rings. The lowest BCUT2D eigenvalue weighted by Gasteiger charge is -2.18. The monoisotopic (exact) mass is 715 g/mol. The van der Waals surface area contributed by atoms with E-state index in [4.69, 9.17) is 14.2 Å². The van der Waals surface area contributed by atoms with Gasteiger partial charge in [0.25, 0.3) is 0 Å². The highest BCUT2D eigenvalue weighted by atomic mass is 16.6. The van der Waals surface area contributed by atoms with Crippen LogP contribution in [0.2, 0.25) is 0 Å². The molecule has 51 heavy (non-hydrogen) atoms. The highest BCUT2D eigenvalue weighted by molar-refractivity contribution is 5.71. The molecule has 294 valence electrons. The van der Waals surface area contributed by atoms with E-state index < -0.39 is 6.10 Å². The molecular weight excluding hydrogens is 636 g/mol. The Balaban J connectivity index is 4.27. The van der Waals surface area contributed by atoms with E-state index in [1.165, 1.54) is 57.8 Å². The Morgan fingerprint density at radius 1 is 0.412 bits per heavy atom. The van der Waals surface area contributed by atoms with E-state index in [9.17, 15) is 14.4 Å². The summed E-state index contributed by atoms with van der Waals surface area (Å²) in [7, 11) is 0. The van der Waals surface area contributed by atoms with Crippen LogP contribution in [0.25, 0.3) is 0 Å². The molecule has 0 saturated carbocycles. The van der Waals surface area contributed by atoms with Crippen LogP contribution >= 0.6 is 0 Å². The average Bonchev–Trinajstić information content (AvgIpc) is 3.13. The van der Waals surface area contributed by atoms with Crippen LogP contribution in [0.5, 0.6) is 0 Å². The molecule has 0 fully saturated rings. The van der Waals surface area contributed by atoms with Gasteiger partial charge in [-0.25, -0.2) is 0 Å². The summed E-state index contributed by atoms with van der Waals surface area (Å²) in [5.74, 6) is -0.916. The predicted octanol–water partition coefficient (Wildman–Crippen LogP) is 13.2. The number of ether oxygens (including phenoxy) is 3. The van der Waals surface area contributed by atoms with Crippen molar-refractivity contribution >= 4 is 17.9 Å². The molecule has 0 heterocycles. The first-order chi connectivity index (χ1) is 25.0. The quantitative estimate of drug-likeness (QED) is 0.0276. The molecule has 0 aliphatic heterocycles. The maximum Gasteiger partial charge on any atom is 0.306 e. The van der Waals surface area contributed by atoms with Gasteiger partial charge in [-0.05, 0) is 70.6 Å². The van der Waals surface area contributed by atoms with Gasteiger partial charge in [0, 0.05) is 19.3 Å². The molecule has 0 radical (unpaired) electrons. The molecule has 0 saturated heterocycles. The Bertz CT molecular complexity index is 918. The Morgan fingerprint density at radius 3 is 1.29 bits per heavy atom. The van der Waals surface area contributed by atoms with Crippen LogP contribution in [0.1, 0.15) is 201 Å². The number of hydrogen-bond donors (Lipinski definition) is 0. The smallest absolute Gasteiger partial charge is 0.306 e. The van der Waals surface area contributed by atoms with E-state index in [2.05, 4.69) is 69.4 Å². The molecule has 0 bridgehead atoms. The molecule has 6 heteroatoms. The third-order valence-corrected chi connectivity index (χ3v) is 8.80. The molecule has 0 rings (SSSR count). The molecule has 6 nitrogen and oxygen atoms in total. The largest absolute Gasteiger partial charge is 0.462 e. The van der Waals surface area contributed by atoms with Crippen LogP contribution < -0.4 is 0 Å². The molecule has 0 aliphatic rings. The lowest BCUT2D eigenvalue weighted by atomic mass is 10.1. The van der Waals surface area contributed by atoms with E-state index in [0.717, 1.165) is 103 Å². The first kappa shape index (κ1) is 48.4. The number of carbonyl (C=O) groups is 3. The number of hydrogen-bond acceptors (Lipinski definition) is 6. The fraction of sp³-hybridized carbons (Fsp3) is 0.756. The van der Waals surface area contributed by atoms with Gasteiger partial charge in [0.05, 0.1) is 0 Å². The van der Waals surface area contributed by atoms with E-state index in [1.54, 1.807) is 0 Å². The summed E-state index contributed by atoms with van der Waals surface area (Å²) in [6.45, 7) is 6.37. The normalized spacial score (nSPS) is 12.5. The second-order valence-electron chi connectivity index (χ2n) is 13.9. The Morgan fingerprint density at radius 2 is 0.804 bits per heavy atom. The van der Waals surface area contributed by atoms with E-state index in [0.29, 0.717) is 19.3 Å². The maximum atomic E-state index is 12.6. The highest BCUT2D eigenvalue weighted by Gasteiger charge is 2.19. The van der Waals surface area contributed by atoms with Gasteiger partial charge < -0.3 is 14.2 Å². The minimum atomic E-state index is -0.774. The van der Waals surface area contributed by atoms with Crippen molar-refractivity contribution in [3.63, 3.8) is 0 Å². The summed E-state index contributed by atoms with van der Waals surface area (Å²) in [5, 5.41) is 0. The standard InChI is InChI=1S/C45H78O6/c1-4-7-10-13-16-18-20-21-22-23-24-25-26-28-29-32-35-38-44(47)50-41-42(40-49-43(46)37-34-31-15-12-9-6-3)51-45(48)39-36-33-30-27-19-17-14-11-8-5-2/h7,10-11,14,16,18,21-22,42H,4-6,8-9,12-13,15,17,19-20,23-41H2,1-3H3/b10-7-,14-11-,18-16-,22-21-. The van der Waals surface area contributed by atoms with Gasteiger partial charge in [-0.2, -0.15) is 0 Å². The fourth-order valence-corrected chi connectivity index (χ4v) is 5.63. The molecule has 1 atom stereocenters. The van der Waals surface area contributed by atoms with Crippen LogP contribution in [0.4, 0.5) is 0 Å². The van der Waals surface area contributed by atoms with Gasteiger partial charge in [-0.1, -0.05) is 159 Å². The van der Waals surface area contributed by atoms with Crippen molar-refractivity contribution in [1.82, 2.24) is 0 Å². The van der Waals surface area contributed by atoms with Crippen LogP contribution in [0.3, 0.4) is 0 Å². The van der Waals surface area contributed by atoms with Crippen LogP contribution in [-0.2, 0) is 28.6 Å². The zero-order chi connectivity index (χ0) is 37.3. The highest BCUT2D eigenvalue weighted by Crippen LogP contribution is 2.13. The van der Waals surface area contributed by atoms with Gasteiger partial charge in [0.1, 0.15) is 13.2 Å². The second-order valence-corrected chi connectivity index (χ2v) is 13.9. The van der Waals surface area contributed by atoms with Crippen molar-refractivity contribution < 1.29 is 28.6 Å². The van der Waals surface area contributed by atoms with Gasteiger partial charge in [0.15, 0.2) is 6.10 Å². The molecule has 0 amide bonds. The number of allylic oxidation sites excluding steroid dienone is 8. The van der Waals surface area contributed by atoms with Crippen molar-refractivity contribution in [2.75, 3.05) is 13.2 Å². The van der Waals surface area contributed by atoms with E-state index in [-0.39, 0.29) is 31.1 Å². The first-order valence-electron chi connectivity index (χ1n) is 21.1. The Labute approximate surface area is 314 Å². The third kappa shape index (κ3) is 38.4. The topological polar surface area (TPSA) is 78.9 Å². The summed E-state index contributed by atoms with van der Waals surface area (Å²) in [4.78, 5) is 37.4. The molecule has 0 aromatic heterocycles. The second kappa shape index (κ2) is 40.1. The van der Waals surface area contributed by atoms with Crippen LogP contribution in [0.15, 0.2) is 48.6 Å². The SMILES string of the molecule is CC/C=C\C/C=C\C/C=C\CCCCCCCCCC(=O)OCC(COC(=O)CCCCCCCC)OC(=O)CCCCCCC/C=C\CCC. The summed E-state index contributed by atoms with van der Waals surface area (Å²) < 4.78 is 16.6. The summed E-state index contributed by atoms with van der Waals surface area (Å²) >= 11 is 0. The lowest BCUT2D eigenvalue weighted by molar-refractivity contribution is -0.167. The molecule has 0 N–H and O–H groups in total. The number of carbonyl (C=O) groups excluding carboxylic acids is 3. The minimum absolute atomic E-state index is 0.0803. The van der Waals surface area contributed by atoms with Crippen molar-refractivity contribution in [2.24, 2.45) is 0 Å². The Hall–Kier alpha value is -2.63. The number of esters is 3. The van der Waals surface area contributed by atoms with Crippen LogP contribution in [0, 0.1) is 0 Å². The van der Waals surface area contributed by atoms with Crippen molar-refractivity contribution in [3.8, 4) is 0 Å². The van der Waals surface area contributed by atoms with Gasteiger partial charge in [0.2, 0.25) is 0 Å². The Kier molecular flexibility index (Phi) is 38.1. The third-order valence-electron chi connectivity index (χ3n) is 8.80. The van der Waals surface area contributed by atoms with Crippen LogP contribution in [-0.4, -0.2) is 37.2 Å². The summed E-state index contributed by atoms with van der Waals surface area (Å²) in [6, 6.07) is 0. The molecule has 0 spiro atoms. The first-order valence-corrected chi connectivity index (χ1v) is 21.1. The minimum Gasteiger partial charge on any atom is -0.462 e. The zero-order valence-electron chi connectivity index (χ0n) is 33.4. The average molecular weight is 715 g/mol. The lowest BCUT2D eigenvalue weighted by Crippen LogP contribution is -2.30. The molecule has 1 unspecified atom stereocenters.